The maximum Gasteiger partial charge on any atom is 0.0567 e. The maximum atomic E-state index is 2.48. The molecule has 2 nitrogen and oxygen atoms in total. The second kappa shape index (κ2) is 14.3. The summed E-state index contributed by atoms with van der Waals surface area (Å²) >= 11 is 0. The van der Waals surface area contributed by atoms with Gasteiger partial charge in [-0.3, -0.25) is 0 Å². The van der Waals surface area contributed by atoms with Crippen molar-refractivity contribution in [1.82, 2.24) is 0 Å². The molecule has 0 spiro atoms. The lowest BCUT2D eigenvalue weighted by molar-refractivity contribution is 0.661. The molecule has 0 saturated heterocycles. The van der Waals surface area contributed by atoms with Gasteiger partial charge in [0.25, 0.3) is 0 Å². The van der Waals surface area contributed by atoms with Gasteiger partial charge in [-0.15, -0.1) is 0 Å². The molecule has 0 heterocycles. The highest BCUT2D eigenvalue weighted by molar-refractivity contribution is 6.17. The van der Waals surface area contributed by atoms with Gasteiger partial charge in [0.15, 0.2) is 0 Å². The number of nitrogens with zero attached hydrogens (tertiary/aromatic N) is 2. The lowest BCUT2D eigenvalue weighted by atomic mass is 9.82. The Morgan fingerprint density at radius 3 is 1.32 bits per heavy atom. The summed E-state index contributed by atoms with van der Waals surface area (Å²) < 4.78 is 0. The molecule has 0 atom stereocenters. The van der Waals surface area contributed by atoms with Crippen LogP contribution in [0.25, 0.3) is 65.3 Å². The summed E-state index contributed by atoms with van der Waals surface area (Å²) in [5, 5.41) is 9.80. The SMILES string of the molecule is CC1(C)c2ccccc2-c2cc3ccc(N(c4ccccc4)c4cc(N(c5ccccc5)c5ccc6cc7c(cc6c5)C(C)(C)c5ccccc5-7)c5c(ccc6ccccc65)c4)cc3cc21. The zero-order valence-corrected chi connectivity index (χ0v) is 37.7. The Morgan fingerprint density at radius 1 is 0.273 bits per heavy atom. The molecule has 0 fully saturated rings. The summed E-state index contributed by atoms with van der Waals surface area (Å²) in [6, 6.07) is 81.6. The second-order valence-electron chi connectivity index (χ2n) is 19.4. The molecular weight excluding hydrogens is 797 g/mol. The van der Waals surface area contributed by atoms with E-state index in [0.29, 0.717) is 0 Å². The fourth-order valence-electron chi connectivity index (χ4n) is 11.6. The summed E-state index contributed by atoms with van der Waals surface area (Å²) in [4.78, 5) is 4.93. The normalized spacial score (nSPS) is 14.0. The Morgan fingerprint density at radius 2 is 0.727 bits per heavy atom. The van der Waals surface area contributed by atoms with Crippen LogP contribution < -0.4 is 9.80 Å². The molecular formula is C64H48N2. The molecule has 2 aliphatic rings. The summed E-state index contributed by atoms with van der Waals surface area (Å²) in [7, 11) is 0. The van der Waals surface area contributed by atoms with Crippen molar-refractivity contribution in [3.8, 4) is 22.3 Å². The largest absolute Gasteiger partial charge is 0.310 e. The van der Waals surface area contributed by atoms with Gasteiger partial charge in [0.05, 0.1) is 5.69 Å². The van der Waals surface area contributed by atoms with E-state index >= 15 is 0 Å². The van der Waals surface area contributed by atoms with Crippen molar-refractivity contribution >= 4 is 77.2 Å². The quantitative estimate of drug-likeness (QED) is 0.154. The Kier molecular flexibility index (Phi) is 8.33. The minimum atomic E-state index is -0.0937. The lowest BCUT2D eigenvalue weighted by Crippen LogP contribution is -2.15. The van der Waals surface area contributed by atoms with Crippen LogP contribution in [0.3, 0.4) is 0 Å². The van der Waals surface area contributed by atoms with Gasteiger partial charge in [0.2, 0.25) is 0 Å². The summed E-state index contributed by atoms with van der Waals surface area (Å²) in [6.07, 6.45) is 0. The van der Waals surface area contributed by atoms with Gasteiger partial charge in [-0.1, -0.05) is 161 Å². The van der Waals surface area contributed by atoms with E-state index in [-0.39, 0.29) is 10.8 Å². The Labute approximate surface area is 386 Å². The highest BCUT2D eigenvalue weighted by atomic mass is 15.2. The van der Waals surface area contributed by atoms with Crippen LogP contribution in [0.2, 0.25) is 0 Å². The average Bonchev–Trinajstić information content (AvgIpc) is 3.71. The molecule has 0 N–H and O–H groups in total. The molecule has 314 valence electrons. The van der Waals surface area contributed by atoms with Gasteiger partial charge in [0, 0.05) is 44.7 Å². The molecule has 66 heavy (non-hydrogen) atoms. The summed E-state index contributed by atoms with van der Waals surface area (Å²) in [6.45, 7) is 9.47. The van der Waals surface area contributed by atoms with Gasteiger partial charge in [-0.2, -0.15) is 0 Å². The third-order valence-corrected chi connectivity index (χ3v) is 14.9. The van der Waals surface area contributed by atoms with Gasteiger partial charge in [-0.05, 0) is 167 Å². The van der Waals surface area contributed by atoms with Crippen LogP contribution in [0.15, 0.2) is 218 Å². The third-order valence-electron chi connectivity index (χ3n) is 14.9. The minimum absolute atomic E-state index is 0.0871. The number of hydrogen-bond acceptors (Lipinski definition) is 2. The van der Waals surface area contributed by atoms with Gasteiger partial charge in [-0.25, -0.2) is 0 Å². The predicted molar refractivity (Wildman–Crippen MR) is 281 cm³/mol. The van der Waals surface area contributed by atoms with E-state index in [9.17, 15) is 0 Å². The second-order valence-corrected chi connectivity index (χ2v) is 19.4. The fraction of sp³-hybridized carbons (Fsp3) is 0.0938. The standard InChI is InChI=1S/C64H48N2/c1-63(2)57-25-15-13-23-53(57)55-36-42-29-31-49(34-45(42)38-59(55)63)65(47-18-7-5-8-19-47)51-33-44-28-27-41-17-11-12-22-52(41)62(44)61(40-51)66(48-20-9-6-10-21-48)50-32-30-43-37-56-54-24-14-16-26-58(54)64(3,4)60(56)39-46(43)35-50/h5-40H,1-4H3. The Bertz CT molecular complexity index is 3770. The van der Waals surface area contributed by atoms with E-state index in [4.69, 9.17) is 0 Å². The number of rotatable bonds is 6. The monoisotopic (exact) mass is 844 g/mol. The summed E-state index contributed by atoms with van der Waals surface area (Å²) in [5.41, 5.74) is 17.4. The molecule has 0 unspecified atom stereocenters. The van der Waals surface area contributed by atoms with E-state index in [1.165, 1.54) is 87.6 Å². The van der Waals surface area contributed by atoms with Crippen molar-refractivity contribution in [3.05, 3.63) is 241 Å². The molecule has 13 rings (SSSR count). The van der Waals surface area contributed by atoms with Crippen LogP contribution in [0.1, 0.15) is 49.9 Å². The molecule has 2 aliphatic carbocycles. The molecule has 0 radical (unpaired) electrons. The molecule has 0 aliphatic heterocycles. The van der Waals surface area contributed by atoms with Crippen molar-refractivity contribution in [1.29, 1.82) is 0 Å². The zero-order valence-electron chi connectivity index (χ0n) is 37.7. The van der Waals surface area contributed by atoms with Gasteiger partial charge < -0.3 is 9.80 Å². The van der Waals surface area contributed by atoms with E-state index < -0.39 is 0 Å². The van der Waals surface area contributed by atoms with E-state index in [1.807, 2.05) is 0 Å². The molecule has 11 aromatic carbocycles. The Balaban J connectivity index is 1.04. The van der Waals surface area contributed by atoms with Crippen LogP contribution in [0.5, 0.6) is 0 Å². The highest BCUT2D eigenvalue weighted by Gasteiger charge is 2.37. The Hall–Kier alpha value is -7.94. The van der Waals surface area contributed by atoms with E-state index in [2.05, 4.69) is 256 Å². The highest BCUT2D eigenvalue weighted by Crippen LogP contribution is 2.53. The topological polar surface area (TPSA) is 6.48 Å². The number of anilines is 6. The first-order valence-corrected chi connectivity index (χ1v) is 23.2. The van der Waals surface area contributed by atoms with Crippen LogP contribution in [-0.2, 0) is 10.8 Å². The fourth-order valence-corrected chi connectivity index (χ4v) is 11.6. The predicted octanol–water partition coefficient (Wildman–Crippen LogP) is 17.9. The molecule has 0 aromatic heterocycles. The van der Waals surface area contributed by atoms with Crippen LogP contribution in [-0.4, -0.2) is 0 Å². The number of benzene rings is 11. The van der Waals surface area contributed by atoms with Crippen LogP contribution >= 0.6 is 0 Å². The maximum absolute atomic E-state index is 2.48. The number of para-hydroxylation sites is 2. The number of hydrogen-bond donors (Lipinski definition) is 0. The molecule has 2 heteroatoms. The van der Waals surface area contributed by atoms with Crippen LogP contribution in [0, 0.1) is 0 Å². The van der Waals surface area contributed by atoms with Crippen molar-refractivity contribution < 1.29 is 0 Å². The van der Waals surface area contributed by atoms with Crippen molar-refractivity contribution in [2.45, 2.75) is 38.5 Å². The summed E-state index contributed by atoms with van der Waals surface area (Å²) in [5.74, 6) is 0. The van der Waals surface area contributed by atoms with E-state index in [0.717, 1.165) is 34.1 Å². The molecule has 0 saturated carbocycles. The average molecular weight is 845 g/mol. The minimum Gasteiger partial charge on any atom is -0.310 e. The van der Waals surface area contributed by atoms with E-state index in [1.54, 1.807) is 0 Å². The molecule has 0 amide bonds. The number of fused-ring (bicyclic) bond motifs is 11. The van der Waals surface area contributed by atoms with Crippen LogP contribution in [0.4, 0.5) is 34.1 Å². The first-order valence-electron chi connectivity index (χ1n) is 23.2. The van der Waals surface area contributed by atoms with Crippen molar-refractivity contribution in [2.75, 3.05) is 9.80 Å². The van der Waals surface area contributed by atoms with Gasteiger partial charge >= 0.3 is 0 Å². The first kappa shape index (κ1) is 38.5. The zero-order chi connectivity index (χ0) is 44.3. The van der Waals surface area contributed by atoms with Crippen molar-refractivity contribution in [2.24, 2.45) is 0 Å². The van der Waals surface area contributed by atoms with Crippen molar-refractivity contribution in [3.63, 3.8) is 0 Å². The molecule has 0 bridgehead atoms. The van der Waals surface area contributed by atoms with Gasteiger partial charge in [0.1, 0.15) is 0 Å². The lowest BCUT2D eigenvalue weighted by Gasteiger charge is -2.31. The third kappa shape index (κ3) is 5.74. The smallest absolute Gasteiger partial charge is 0.0567 e. The first-order chi connectivity index (χ1) is 32.2. The molecule has 11 aromatic rings.